The van der Waals surface area contributed by atoms with Gasteiger partial charge in [-0.05, 0) is 17.7 Å². The van der Waals surface area contributed by atoms with Gasteiger partial charge < -0.3 is 0 Å². The van der Waals surface area contributed by atoms with Crippen LogP contribution in [0.3, 0.4) is 0 Å². The molecule has 3 nitrogen and oxygen atoms in total. The van der Waals surface area contributed by atoms with Crippen LogP contribution in [-0.4, -0.2) is 17.5 Å². The van der Waals surface area contributed by atoms with Gasteiger partial charge in [0.1, 0.15) is 5.92 Å². The Bertz CT molecular complexity index is 649. The summed E-state index contributed by atoms with van der Waals surface area (Å²) in [6.45, 7) is 0. The number of amides is 1. The molecule has 0 spiro atoms. The molecule has 19 heavy (non-hydrogen) atoms. The highest BCUT2D eigenvalue weighted by atomic mass is 16.1. The molecule has 0 saturated heterocycles. The minimum Gasteiger partial charge on any atom is -0.271 e. The molecule has 1 aliphatic carbocycles. The number of benzene rings is 1. The van der Waals surface area contributed by atoms with Crippen LogP contribution < -0.4 is 0 Å². The van der Waals surface area contributed by atoms with Gasteiger partial charge in [0.2, 0.25) is 0 Å². The monoisotopic (exact) mass is 248 g/mol. The first-order valence-electron chi connectivity index (χ1n) is 6.12. The van der Waals surface area contributed by atoms with Crippen LogP contribution >= 0.6 is 0 Å². The van der Waals surface area contributed by atoms with Gasteiger partial charge in [-0.2, -0.15) is 4.99 Å². The van der Waals surface area contributed by atoms with E-state index in [0.717, 1.165) is 11.3 Å². The van der Waals surface area contributed by atoms with E-state index in [4.69, 9.17) is 0 Å². The van der Waals surface area contributed by atoms with Crippen LogP contribution in [0.4, 0.5) is 0 Å². The lowest BCUT2D eigenvalue weighted by Gasteiger charge is -2.16. The summed E-state index contributed by atoms with van der Waals surface area (Å²) >= 11 is 0. The van der Waals surface area contributed by atoms with Gasteiger partial charge in [0.25, 0.3) is 5.91 Å². The first kappa shape index (κ1) is 11.5. The van der Waals surface area contributed by atoms with Crippen LogP contribution in [0.25, 0.3) is 6.08 Å². The van der Waals surface area contributed by atoms with Crippen molar-refractivity contribution in [2.45, 2.75) is 0 Å². The van der Waals surface area contributed by atoms with Crippen molar-refractivity contribution in [1.82, 2.24) is 0 Å². The highest BCUT2D eigenvalue weighted by Crippen LogP contribution is 2.16. The molecular weight excluding hydrogens is 236 g/mol. The number of aliphatic imine (C=N–C) groups is 2. The van der Waals surface area contributed by atoms with Gasteiger partial charge in [-0.15, -0.1) is 0 Å². The molecule has 0 aromatic heterocycles. The molecule has 1 unspecified atom stereocenters. The molecular formula is C16H12N2O. The molecule has 1 aromatic rings. The number of carbonyl (C=O) groups is 1. The van der Waals surface area contributed by atoms with Gasteiger partial charge in [0.15, 0.2) is 5.84 Å². The van der Waals surface area contributed by atoms with Crippen LogP contribution in [0.1, 0.15) is 5.56 Å². The Hall–Kier alpha value is -2.55. The average molecular weight is 248 g/mol. The molecule has 3 heteroatoms. The zero-order chi connectivity index (χ0) is 13.1. The summed E-state index contributed by atoms with van der Waals surface area (Å²) in [6.07, 6.45) is 11.1. The van der Waals surface area contributed by atoms with Gasteiger partial charge in [-0.1, -0.05) is 54.6 Å². The van der Waals surface area contributed by atoms with Crippen LogP contribution in [0.15, 0.2) is 70.7 Å². The van der Waals surface area contributed by atoms with Crippen LogP contribution in [0.5, 0.6) is 0 Å². The molecule has 1 heterocycles. The zero-order valence-corrected chi connectivity index (χ0v) is 10.2. The molecule has 1 atom stereocenters. The van der Waals surface area contributed by atoms with E-state index in [9.17, 15) is 4.79 Å². The smallest absolute Gasteiger partial charge is 0.260 e. The Morgan fingerprint density at radius 2 is 1.84 bits per heavy atom. The number of amidine groups is 1. The SMILES string of the molecule is O=C1N=C(/C=C/c2ccccc2)N=C2C=CC=CC12. The maximum atomic E-state index is 11.9. The zero-order valence-electron chi connectivity index (χ0n) is 10.2. The summed E-state index contributed by atoms with van der Waals surface area (Å²) in [4.78, 5) is 20.3. The van der Waals surface area contributed by atoms with Crippen molar-refractivity contribution in [3.8, 4) is 0 Å². The summed E-state index contributed by atoms with van der Waals surface area (Å²) in [5.41, 5.74) is 1.81. The highest BCUT2D eigenvalue weighted by molar-refractivity contribution is 6.23. The second-order valence-electron chi connectivity index (χ2n) is 4.31. The first-order chi connectivity index (χ1) is 9.33. The van der Waals surface area contributed by atoms with E-state index in [0.29, 0.717) is 5.84 Å². The topological polar surface area (TPSA) is 41.8 Å². The van der Waals surface area contributed by atoms with Crippen LogP contribution in [0, 0.1) is 5.92 Å². The second kappa shape index (κ2) is 4.98. The lowest BCUT2D eigenvalue weighted by molar-refractivity contribution is -0.118. The Balaban J connectivity index is 1.85. The summed E-state index contributed by atoms with van der Waals surface area (Å²) in [5.74, 6) is -0.00256. The quantitative estimate of drug-likeness (QED) is 0.793. The molecule has 0 fully saturated rings. The number of nitrogens with zero attached hydrogens (tertiary/aromatic N) is 2. The lowest BCUT2D eigenvalue weighted by Crippen LogP contribution is -2.26. The van der Waals surface area contributed by atoms with E-state index in [-0.39, 0.29) is 11.8 Å². The van der Waals surface area contributed by atoms with Gasteiger partial charge in [0.05, 0.1) is 5.71 Å². The Morgan fingerprint density at radius 1 is 1.00 bits per heavy atom. The summed E-state index contributed by atoms with van der Waals surface area (Å²) < 4.78 is 0. The van der Waals surface area contributed by atoms with Gasteiger partial charge in [0, 0.05) is 0 Å². The normalized spacial score (nSPS) is 21.3. The van der Waals surface area contributed by atoms with E-state index in [1.165, 1.54) is 0 Å². The van der Waals surface area contributed by atoms with E-state index < -0.39 is 0 Å². The van der Waals surface area contributed by atoms with E-state index >= 15 is 0 Å². The number of allylic oxidation sites excluding steroid dienone is 3. The van der Waals surface area contributed by atoms with Gasteiger partial charge in [-0.3, -0.25) is 4.79 Å². The standard InChI is InChI=1S/C16H12N2O/c19-16-13-8-4-5-9-14(13)17-15(18-16)11-10-12-6-2-1-3-7-12/h1-11,13H/b11-10+. The molecule has 2 aliphatic rings. The molecule has 3 rings (SSSR count). The van der Waals surface area contributed by atoms with Crippen molar-refractivity contribution in [3.63, 3.8) is 0 Å². The summed E-state index contributed by atoms with van der Waals surface area (Å²) in [5, 5.41) is 0. The predicted molar refractivity (Wildman–Crippen MR) is 77.1 cm³/mol. The molecule has 1 aliphatic heterocycles. The third-order valence-corrected chi connectivity index (χ3v) is 2.96. The van der Waals surface area contributed by atoms with Crippen molar-refractivity contribution in [2.75, 3.05) is 0 Å². The largest absolute Gasteiger partial charge is 0.271 e. The molecule has 1 amide bonds. The Morgan fingerprint density at radius 3 is 2.68 bits per heavy atom. The summed E-state index contributed by atoms with van der Waals surface area (Å²) in [6, 6.07) is 9.86. The first-order valence-corrected chi connectivity index (χ1v) is 6.12. The third-order valence-electron chi connectivity index (χ3n) is 2.96. The van der Waals surface area contributed by atoms with Gasteiger partial charge >= 0.3 is 0 Å². The Labute approximate surface area is 111 Å². The fraction of sp³-hybridized carbons (Fsp3) is 0.0625. The second-order valence-corrected chi connectivity index (χ2v) is 4.31. The maximum absolute atomic E-state index is 11.9. The molecule has 0 bridgehead atoms. The predicted octanol–water partition coefficient (Wildman–Crippen LogP) is 2.82. The number of carbonyl (C=O) groups excluding carboxylic acids is 1. The highest BCUT2D eigenvalue weighted by Gasteiger charge is 2.25. The minimum atomic E-state index is -0.307. The molecule has 92 valence electrons. The average Bonchev–Trinajstić information content (AvgIpc) is 2.46. The van der Waals surface area contributed by atoms with Crippen molar-refractivity contribution in [2.24, 2.45) is 15.9 Å². The van der Waals surface area contributed by atoms with Crippen molar-refractivity contribution in [1.29, 1.82) is 0 Å². The van der Waals surface area contributed by atoms with Crippen molar-refractivity contribution < 1.29 is 4.79 Å². The molecule has 0 saturated carbocycles. The third kappa shape index (κ3) is 2.50. The number of rotatable bonds is 2. The molecule has 0 radical (unpaired) electrons. The van der Waals surface area contributed by atoms with E-state index in [1.807, 2.05) is 60.7 Å². The van der Waals surface area contributed by atoms with Crippen LogP contribution in [0.2, 0.25) is 0 Å². The maximum Gasteiger partial charge on any atom is 0.260 e. The lowest BCUT2D eigenvalue weighted by atomic mass is 9.96. The minimum absolute atomic E-state index is 0.154. The number of fused-ring (bicyclic) bond motifs is 1. The molecule has 1 aromatic carbocycles. The fourth-order valence-electron chi connectivity index (χ4n) is 2.00. The van der Waals surface area contributed by atoms with Crippen molar-refractivity contribution >= 4 is 23.5 Å². The van der Waals surface area contributed by atoms with Crippen LogP contribution in [-0.2, 0) is 4.79 Å². The molecule has 0 N–H and O–H groups in total. The fourth-order valence-corrected chi connectivity index (χ4v) is 2.00. The number of hydrogen-bond acceptors (Lipinski definition) is 2. The van der Waals surface area contributed by atoms with E-state index in [1.54, 1.807) is 6.08 Å². The summed E-state index contributed by atoms with van der Waals surface area (Å²) in [7, 11) is 0. The van der Waals surface area contributed by atoms with Gasteiger partial charge in [-0.25, -0.2) is 4.99 Å². The van der Waals surface area contributed by atoms with E-state index in [2.05, 4.69) is 9.98 Å². The Kier molecular flexibility index (Phi) is 3.02. The van der Waals surface area contributed by atoms with Crippen molar-refractivity contribution in [3.05, 3.63) is 66.3 Å². The number of hydrogen-bond donors (Lipinski definition) is 0.